The fourth-order valence-electron chi connectivity index (χ4n) is 1.42. The maximum absolute atomic E-state index is 10.9. The number of piperazine rings is 1. The molecule has 4 nitrogen and oxygen atoms in total. The molecule has 4 heteroatoms. The number of hydrogen-bond donors (Lipinski definition) is 1. The summed E-state index contributed by atoms with van der Waals surface area (Å²) in [5.74, 6) is 0.801. The van der Waals surface area contributed by atoms with Crippen molar-refractivity contribution in [2.45, 2.75) is 27.7 Å². The van der Waals surface area contributed by atoms with Crippen LogP contribution in [-0.4, -0.2) is 62.5 Å². The highest BCUT2D eigenvalue weighted by atomic mass is 16.1. The van der Waals surface area contributed by atoms with Gasteiger partial charge in [0.25, 0.3) is 0 Å². The standard InChI is InChI=1S/C8H17NO.C6H14N2/c1-6(2)5-9-8(10)7(3)4;1-7-3-5-8(2)6-4-7/h6-7H,5H2,1-4H3,(H,9,10);3-6H2,1-2H3. The molecule has 0 unspecified atom stereocenters. The Morgan fingerprint density at radius 2 is 1.39 bits per heavy atom. The summed E-state index contributed by atoms with van der Waals surface area (Å²) < 4.78 is 0. The number of nitrogens with zero attached hydrogens (tertiary/aromatic N) is 2. The minimum atomic E-state index is 0.110. The van der Waals surface area contributed by atoms with Crippen LogP contribution in [0.2, 0.25) is 0 Å². The third-order valence-electron chi connectivity index (χ3n) is 2.94. The van der Waals surface area contributed by atoms with Crippen molar-refractivity contribution in [3.8, 4) is 0 Å². The quantitative estimate of drug-likeness (QED) is 0.827. The molecule has 0 radical (unpaired) electrons. The van der Waals surface area contributed by atoms with Gasteiger partial charge in [0.05, 0.1) is 0 Å². The molecule has 1 rings (SSSR count). The second kappa shape index (κ2) is 9.34. The molecule has 0 spiro atoms. The lowest BCUT2D eigenvalue weighted by Gasteiger charge is -2.28. The van der Waals surface area contributed by atoms with E-state index in [1.807, 2.05) is 13.8 Å². The number of carbonyl (C=O) groups excluding carboxylic acids is 1. The Labute approximate surface area is 113 Å². The summed E-state index contributed by atoms with van der Waals surface area (Å²) >= 11 is 0. The molecule has 108 valence electrons. The molecule has 1 saturated heterocycles. The Hall–Kier alpha value is -0.610. The number of rotatable bonds is 3. The van der Waals surface area contributed by atoms with Crippen molar-refractivity contribution in [3.63, 3.8) is 0 Å². The summed E-state index contributed by atoms with van der Waals surface area (Å²) in [5.41, 5.74) is 0. The molecule has 0 aromatic rings. The van der Waals surface area contributed by atoms with Crippen molar-refractivity contribution < 1.29 is 4.79 Å². The maximum Gasteiger partial charge on any atom is 0.222 e. The second-order valence-corrected chi connectivity index (χ2v) is 5.90. The number of hydrogen-bond acceptors (Lipinski definition) is 3. The average molecular weight is 257 g/mol. The highest BCUT2D eigenvalue weighted by molar-refractivity contribution is 5.77. The lowest BCUT2D eigenvalue weighted by molar-refractivity contribution is -0.124. The van der Waals surface area contributed by atoms with Gasteiger partial charge < -0.3 is 15.1 Å². The zero-order valence-corrected chi connectivity index (χ0v) is 13.0. The minimum absolute atomic E-state index is 0.110. The summed E-state index contributed by atoms with van der Waals surface area (Å²) in [5, 5.41) is 2.84. The number of amides is 1. The molecule has 18 heavy (non-hydrogen) atoms. The topological polar surface area (TPSA) is 35.6 Å². The van der Waals surface area contributed by atoms with Crippen LogP contribution >= 0.6 is 0 Å². The Morgan fingerprint density at radius 3 is 1.67 bits per heavy atom. The molecule has 0 aliphatic carbocycles. The van der Waals surface area contributed by atoms with Gasteiger partial charge in [0.2, 0.25) is 5.91 Å². The van der Waals surface area contributed by atoms with Crippen molar-refractivity contribution in [2.75, 3.05) is 46.8 Å². The normalized spacial score (nSPS) is 17.6. The van der Waals surface area contributed by atoms with E-state index >= 15 is 0 Å². The minimum Gasteiger partial charge on any atom is -0.356 e. The summed E-state index contributed by atoms with van der Waals surface area (Å²) in [6.07, 6.45) is 0. The van der Waals surface area contributed by atoms with E-state index in [2.05, 4.69) is 43.1 Å². The van der Waals surface area contributed by atoms with Crippen LogP contribution in [0.15, 0.2) is 0 Å². The summed E-state index contributed by atoms with van der Waals surface area (Å²) in [4.78, 5) is 15.7. The lowest BCUT2D eigenvalue weighted by Crippen LogP contribution is -2.42. The zero-order chi connectivity index (χ0) is 14.1. The molecule has 1 heterocycles. The molecule has 0 aromatic heterocycles. The van der Waals surface area contributed by atoms with E-state index < -0.39 is 0 Å². The van der Waals surface area contributed by atoms with Crippen LogP contribution in [0, 0.1) is 11.8 Å². The predicted molar refractivity (Wildman–Crippen MR) is 77.7 cm³/mol. The van der Waals surface area contributed by atoms with Crippen LogP contribution < -0.4 is 5.32 Å². The van der Waals surface area contributed by atoms with Crippen LogP contribution in [0.5, 0.6) is 0 Å². The van der Waals surface area contributed by atoms with E-state index in [1.165, 1.54) is 26.2 Å². The van der Waals surface area contributed by atoms with E-state index in [-0.39, 0.29) is 11.8 Å². The van der Waals surface area contributed by atoms with Gasteiger partial charge in [-0.1, -0.05) is 27.7 Å². The van der Waals surface area contributed by atoms with Crippen molar-refractivity contribution in [3.05, 3.63) is 0 Å². The third kappa shape index (κ3) is 9.42. The number of nitrogens with one attached hydrogen (secondary N) is 1. The molecule has 0 atom stereocenters. The molecule has 1 aliphatic heterocycles. The monoisotopic (exact) mass is 257 g/mol. The first-order valence-electron chi connectivity index (χ1n) is 6.97. The summed E-state index contributed by atoms with van der Waals surface area (Å²) in [7, 11) is 4.35. The van der Waals surface area contributed by atoms with Crippen LogP contribution in [0.1, 0.15) is 27.7 Å². The fraction of sp³-hybridized carbons (Fsp3) is 0.929. The van der Waals surface area contributed by atoms with Crippen molar-refractivity contribution in [2.24, 2.45) is 11.8 Å². The maximum atomic E-state index is 10.9. The Bertz CT molecular complexity index is 211. The predicted octanol–water partition coefficient (Wildman–Crippen LogP) is 1.28. The van der Waals surface area contributed by atoms with Gasteiger partial charge in [-0.05, 0) is 20.0 Å². The van der Waals surface area contributed by atoms with Crippen LogP contribution in [0.4, 0.5) is 0 Å². The van der Waals surface area contributed by atoms with Crippen molar-refractivity contribution in [1.82, 2.24) is 15.1 Å². The largest absolute Gasteiger partial charge is 0.356 e. The van der Waals surface area contributed by atoms with Crippen molar-refractivity contribution >= 4 is 5.91 Å². The van der Waals surface area contributed by atoms with Crippen LogP contribution in [0.3, 0.4) is 0 Å². The lowest BCUT2D eigenvalue weighted by atomic mass is 10.2. The van der Waals surface area contributed by atoms with Gasteiger partial charge in [0.1, 0.15) is 0 Å². The van der Waals surface area contributed by atoms with E-state index in [1.54, 1.807) is 0 Å². The van der Waals surface area contributed by atoms with Gasteiger partial charge >= 0.3 is 0 Å². The molecule has 0 saturated carbocycles. The molecular weight excluding hydrogens is 226 g/mol. The van der Waals surface area contributed by atoms with E-state index in [4.69, 9.17) is 0 Å². The molecule has 1 aliphatic rings. The third-order valence-corrected chi connectivity index (χ3v) is 2.94. The second-order valence-electron chi connectivity index (χ2n) is 5.90. The Morgan fingerprint density at radius 1 is 1.00 bits per heavy atom. The SMILES string of the molecule is CC(C)CNC(=O)C(C)C.CN1CCN(C)CC1. The molecule has 0 bridgehead atoms. The first kappa shape index (κ1) is 17.4. The first-order valence-corrected chi connectivity index (χ1v) is 6.97. The summed E-state index contributed by atoms with van der Waals surface area (Å²) in [6.45, 7) is 13.7. The molecular formula is C14H31N3O. The van der Waals surface area contributed by atoms with Gasteiger partial charge in [0, 0.05) is 38.6 Å². The molecule has 1 N–H and O–H groups in total. The van der Waals surface area contributed by atoms with Crippen LogP contribution in [-0.2, 0) is 4.79 Å². The van der Waals surface area contributed by atoms with E-state index in [9.17, 15) is 4.79 Å². The number of carbonyl (C=O) groups is 1. The number of likely N-dealkylation sites (N-methyl/N-ethyl adjacent to an activating group) is 2. The Balaban J connectivity index is 0.000000327. The van der Waals surface area contributed by atoms with Gasteiger partial charge in [0.15, 0.2) is 0 Å². The summed E-state index contributed by atoms with van der Waals surface area (Å²) in [6, 6.07) is 0. The highest BCUT2D eigenvalue weighted by Crippen LogP contribution is 1.93. The highest BCUT2D eigenvalue weighted by Gasteiger charge is 2.07. The molecule has 0 aromatic carbocycles. The fourth-order valence-corrected chi connectivity index (χ4v) is 1.42. The van der Waals surface area contributed by atoms with E-state index in [0.29, 0.717) is 5.92 Å². The zero-order valence-electron chi connectivity index (χ0n) is 13.0. The van der Waals surface area contributed by atoms with Gasteiger partial charge in [-0.25, -0.2) is 0 Å². The van der Waals surface area contributed by atoms with Gasteiger partial charge in [-0.2, -0.15) is 0 Å². The average Bonchev–Trinajstić information content (AvgIpc) is 2.30. The van der Waals surface area contributed by atoms with Gasteiger partial charge in [-0.3, -0.25) is 4.79 Å². The molecule has 1 amide bonds. The van der Waals surface area contributed by atoms with Crippen molar-refractivity contribution in [1.29, 1.82) is 0 Å². The molecule has 1 fully saturated rings. The first-order chi connectivity index (χ1) is 8.32. The van der Waals surface area contributed by atoms with Crippen LogP contribution in [0.25, 0.3) is 0 Å². The Kier molecular flexibility index (Phi) is 9.02. The van der Waals surface area contributed by atoms with Gasteiger partial charge in [-0.15, -0.1) is 0 Å². The van der Waals surface area contributed by atoms with E-state index in [0.717, 1.165) is 6.54 Å². The smallest absolute Gasteiger partial charge is 0.222 e.